The van der Waals surface area contributed by atoms with Gasteiger partial charge in [-0.1, -0.05) is 11.6 Å². The second kappa shape index (κ2) is 10.0. The Morgan fingerprint density at radius 2 is 2.25 bits per heavy atom. The zero-order valence-corrected chi connectivity index (χ0v) is 16.3. The maximum atomic E-state index is 11.3. The molecule has 2 aromatic rings. The van der Waals surface area contributed by atoms with E-state index >= 15 is 0 Å². The van der Waals surface area contributed by atoms with E-state index in [1.54, 1.807) is 30.0 Å². The molecule has 1 aliphatic heterocycles. The van der Waals surface area contributed by atoms with Gasteiger partial charge in [-0.25, -0.2) is 9.67 Å². The summed E-state index contributed by atoms with van der Waals surface area (Å²) < 4.78 is 12.9. The molecule has 1 fully saturated rings. The van der Waals surface area contributed by atoms with Gasteiger partial charge in [0, 0.05) is 18.1 Å². The number of rotatable bonds is 5. The molecule has 0 saturated carbocycles. The number of primary amides is 1. The quantitative estimate of drug-likeness (QED) is 0.685. The molecular weight excluding hydrogens is 390 g/mol. The molecule has 0 bridgehead atoms. The highest BCUT2D eigenvalue weighted by Crippen LogP contribution is 2.30. The molecule has 28 heavy (non-hydrogen) atoms. The van der Waals surface area contributed by atoms with Crippen molar-refractivity contribution in [3.8, 4) is 11.4 Å². The molecule has 1 aromatic heterocycles. The standard InChI is InChI=1S/C16H20ClN5O3.CH2O2/c1-21-5-6-25-13(9-21)16-19-15(8-14(18)23)20-22(16)11-7-10(17)3-4-12(11)24-2;2-1-3/h3-4,7,13H,5-6,8-9H2,1-2H3,(H2,18,23);1H,(H,2,3). The SMILES string of the molecule is COc1ccc(Cl)cc1-n1nc(CC(N)=O)nc1C1CN(C)CCO1.O=CO. The van der Waals surface area contributed by atoms with Crippen LogP contribution >= 0.6 is 11.6 Å². The third kappa shape index (κ3) is 5.41. The molecule has 1 atom stereocenters. The summed E-state index contributed by atoms with van der Waals surface area (Å²) in [6.07, 6.45) is -0.331. The normalized spacial score (nSPS) is 16.8. The average molecular weight is 412 g/mol. The molecule has 11 heteroatoms. The lowest BCUT2D eigenvalue weighted by atomic mass is 10.2. The van der Waals surface area contributed by atoms with E-state index in [-0.39, 0.29) is 19.0 Å². The van der Waals surface area contributed by atoms with Crippen LogP contribution in [0.3, 0.4) is 0 Å². The van der Waals surface area contributed by atoms with Crippen LogP contribution in [-0.2, 0) is 20.7 Å². The maximum Gasteiger partial charge on any atom is 0.290 e. The Morgan fingerprint density at radius 1 is 1.54 bits per heavy atom. The summed E-state index contributed by atoms with van der Waals surface area (Å²) in [6.45, 7) is 1.85. The minimum absolute atomic E-state index is 0.0502. The minimum atomic E-state index is -0.497. The summed E-state index contributed by atoms with van der Waals surface area (Å²) in [5.41, 5.74) is 5.92. The zero-order valence-electron chi connectivity index (χ0n) is 15.5. The van der Waals surface area contributed by atoms with Crippen LogP contribution in [0.1, 0.15) is 17.8 Å². The first-order chi connectivity index (χ1) is 13.4. The number of nitrogens with two attached hydrogens (primary N) is 1. The average Bonchev–Trinajstić information content (AvgIpc) is 3.05. The lowest BCUT2D eigenvalue weighted by Gasteiger charge is -2.29. The van der Waals surface area contributed by atoms with E-state index in [2.05, 4.69) is 15.0 Å². The third-order valence-electron chi connectivity index (χ3n) is 3.93. The monoisotopic (exact) mass is 411 g/mol. The minimum Gasteiger partial charge on any atom is -0.494 e. The number of benzene rings is 1. The number of halogens is 1. The summed E-state index contributed by atoms with van der Waals surface area (Å²) in [7, 11) is 3.58. The number of carbonyl (C=O) groups is 2. The van der Waals surface area contributed by atoms with E-state index in [1.165, 1.54) is 0 Å². The number of carboxylic acid groups (broad SMARTS) is 1. The van der Waals surface area contributed by atoms with Crippen molar-refractivity contribution in [2.75, 3.05) is 33.9 Å². The summed E-state index contributed by atoms with van der Waals surface area (Å²) in [5.74, 6) is 1.01. The number of ether oxygens (including phenoxy) is 2. The molecule has 0 spiro atoms. The fourth-order valence-electron chi connectivity index (χ4n) is 2.75. The van der Waals surface area contributed by atoms with Crippen LogP contribution < -0.4 is 10.5 Å². The zero-order chi connectivity index (χ0) is 20.7. The molecule has 0 radical (unpaired) electrons. The van der Waals surface area contributed by atoms with Gasteiger partial charge in [-0.15, -0.1) is 0 Å². The van der Waals surface area contributed by atoms with Crippen LogP contribution in [0.4, 0.5) is 0 Å². The van der Waals surface area contributed by atoms with Gasteiger partial charge in [0.05, 0.1) is 20.1 Å². The van der Waals surface area contributed by atoms with Crippen molar-refractivity contribution in [3.05, 3.63) is 34.9 Å². The van der Waals surface area contributed by atoms with Crippen molar-refractivity contribution in [2.24, 2.45) is 5.73 Å². The van der Waals surface area contributed by atoms with Gasteiger partial charge < -0.3 is 25.2 Å². The third-order valence-corrected chi connectivity index (χ3v) is 4.17. The number of aromatic nitrogens is 3. The highest BCUT2D eigenvalue weighted by molar-refractivity contribution is 6.30. The van der Waals surface area contributed by atoms with Crippen molar-refractivity contribution in [3.63, 3.8) is 0 Å². The molecule has 0 aliphatic carbocycles. The Hall–Kier alpha value is -2.69. The fourth-order valence-corrected chi connectivity index (χ4v) is 2.91. The Morgan fingerprint density at radius 3 is 2.86 bits per heavy atom. The van der Waals surface area contributed by atoms with E-state index in [1.807, 2.05) is 7.05 Å². The van der Waals surface area contributed by atoms with Crippen molar-refractivity contribution >= 4 is 24.0 Å². The largest absolute Gasteiger partial charge is 0.494 e. The van der Waals surface area contributed by atoms with Crippen molar-refractivity contribution in [2.45, 2.75) is 12.5 Å². The van der Waals surface area contributed by atoms with Gasteiger partial charge in [0.25, 0.3) is 6.47 Å². The van der Waals surface area contributed by atoms with Gasteiger partial charge in [-0.05, 0) is 25.2 Å². The molecule has 1 unspecified atom stereocenters. The fraction of sp³-hybridized carbons (Fsp3) is 0.412. The van der Waals surface area contributed by atoms with Gasteiger partial charge >= 0.3 is 0 Å². The Kier molecular flexibility index (Phi) is 7.73. The van der Waals surface area contributed by atoms with Crippen LogP contribution in [0, 0.1) is 0 Å². The topological polar surface area (TPSA) is 133 Å². The molecule has 1 aliphatic rings. The number of morpholine rings is 1. The molecule has 3 rings (SSSR count). The second-order valence-electron chi connectivity index (χ2n) is 5.98. The molecule has 1 amide bonds. The smallest absolute Gasteiger partial charge is 0.290 e. The van der Waals surface area contributed by atoms with Gasteiger partial charge in [0.2, 0.25) is 5.91 Å². The van der Waals surface area contributed by atoms with Crippen molar-refractivity contribution in [1.82, 2.24) is 19.7 Å². The van der Waals surface area contributed by atoms with E-state index in [0.717, 1.165) is 6.54 Å². The number of carbonyl (C=O) groups excluding carboxylic acids is 1. The predicted molar refractivity (Wildman–Crippen MR) is 101 cm³/mol. The molecular formula is C17H22ClN5O5. The van der Waals surface area contributed by atoms with Crippen LogP contribution in [-0.4, -0.2) is 71.0 Å². The van der Waals surface area contributed by atoms with Gasteiger partial charge in [-0.3, -0.25) is 9.59 Å². The first-order valence-electron chi connectivity index (χ1n) is 8.35. The van der Waals surface area contributed by atoms with Crippen LogP contribution in [0.5, 0.6) is 5.75 Å². The lowest BCUT2D eigenvalue weighted by Crippen LogP contribution is -2.36. The predicted octanol–water partition coefficient (Wildman–Crippen LogP) is 0.661. The molecule has 10 nitrogen and oxygen atoms in total. The van der Waals surface area contributed by atoms with E-state index in [9.17, 15) is 4.79 Å². The summed E-state index contributed by atoms with van der Waals surface area (Å²) in [5, 5.41) is 11.9. The number of nitrogens with zero attached hydrogens (tertiary/aromatic N) is 4. The van der Waals surface area contributed by atoms with Gasteiger partial charge in [-0.2, -0.15) is 5.10 Å². The number of likely N-dealkylation sites (N-methyl/N-ethyl adjacent to an activating group) is 1. The summed E-state index contributed by atoms with van der Waals surface area (Å²) in [4.78, 5) is 26.3. The highest BCUT2D eigenvalue weighted by Gasteiger charge is 2.27. The first kappa shape index (κ1) is 21.6. The van der Waals surface area contributed by atoms with E-state index in [4.69, 9.17) is 36.7 Å². The van der Waals surface area contributed by atoms with Crippen molar-refractivity contribution < 1.29 is 24.2 Å². The number of hydrogen-bond donors (Lipinski definition) is 2. The van der Waals surface area contributed by atoms with Gasteiger partial charge in [0.1, 0.15) is 17.5 Å². The number of methoxy groups -OCH3 is 1. The number of amides is 1. The van der Waals surface area contributed by atoms with Crippen LogP contribution in [0.25, 0.3) is 5.69 Å². The molecule has 1 saturated heterocycles. The van der Waals surface area contributed by atoms with E-state index in [0.29, 0.717) is 41.3 Å². The van der Waals surface area contributed by atoms with E-state index < -0.39 is 5.91 Å². The number of hydrogen-bond acceptors (Lipinski definition) is 7. The molecule has 2 heterocycles. The van der Waals surface area contributed by atoms with Crippen molar-refractivity contribution in [1.29, 1.82) is 0 Å². The molecule has 3 N–H and O–H groups in total. The molecule has 1 aromatic carbocycles. The summed E-state index contributed by atoms with van der Waals surface area (Å²) in [6, 6.07) is 5.22. The second-order valence-corrected chi connectivity index (χ2v) is 6.42. The van der Waals surface area contributed by atoms with Gasteiger partial charge in [0.15, 0.2) is 11.6 Å². The van der Waals surface area contributed by atoms with Crippen LogP contribution in [0.15, 0.2) is 18.2 Å². The Balaban J connectivity index is 0.000000878. The Bertz CT molecular complexity index is 828. The van der Waals surface area contributed by atoms with Crippen LogP contribution in [0.2, 0.25) is 5.02 Å². The molecule has 152 valence electrons. The Labute approximate surface area is 166 Å². The first-order valence-corrected chi connectivity index (χ1v) is 8.73. The lowest BCUT2D eigenvalue weighted by molar-refractivity contribution is -0.123. The summed E-state index contributed by atoms with van der Waals surface area (Å²) >= 11 is 6.15. The maximum absolute atomic E-state index is 11.3. The highest BCUT2D eigenvalue weighted by atomic mass is 35.5.